The summed E-state index contributed by atoms with van der Waals surface area (Å²) in [5, 5.41) is 24.3. The number of carbonyl (C=O) groups is 1. The minimum absolute atomic E-state index is 0.111. The molecule has 0 saturated carbocycles. The van der Waals surface area contributed by atoms with Gasteiger partial charge in [0.15, 0.2) is 11.5 Å². The molecular weight excluding hydrogens is 248 g/mol. The van der Waals surface area contributed by atoms with Gasteiger partial charge in [-0.05, 0) is 24.6 Å². The third kappa shape index (κ3) is 5.15. The van der Waals surface area contributed by atoms with E-state index in [0.717, 1.165) is 5.56 Å². The van der Waals surface area contributed by atoms with Crippen LogP contribution in [0.5, 0.6) is 11.5 Å². The number of ether oxygens (including phenoxy) is 1. The molecule has 0 aromatic heterocycles. The maximum absolute atomic E-state index is 11.6. The number of carbonyl (C=O) groups excluding carboxylic acids is 1. The molecule has 1 unspecified atom stereocenters. The van der Waals surface area contributed by atoms with Crippen molar-refractivity contribution in [3.05, 3.63) is 23.8 Å². The van der Waals surface area contributed by atoms with Gasteiger partial charge in [0, 0.05) is 20.2 Å². The van der Waals surface area contributed by atoms with E-state index in [1.54, 1.807) is 20.1 Å². The van der Waals surface area contributed by atoms with E-state index >= 15 is 0 Å². The van der Waals surface area contributed by atoms with E-state index < -0.39 is 0 Å². The van der Waals surface area contributed by atoms with Crippen molar-refractivity contribution in [1.82, 2.24) is 10.6 Å². The highest BCUT2D eigenvalue weighted by Gasteiger charge is 2.11. The van der Waals surface area contributed by atoms with Gasteiger partial charge in [-0.1, -0.05) is 6.07 Å². The summed E-state index contributed by atoms with van der Waals surface area (Å²) >= 11 is 0. The minimum atomic E-state index is -0.354. The fourth-order valence-electron chi connectivity index (χ4n) is 1.47. The van der Waals surface area contributed by atoms with E-state index in [9.17, 15) is 15.0 Å². The highest BCUT2D eigenvalue weighted by molar-refractivity contribution is 5.81. The Bertz CT molecular complexity index is 423. The normalized spacial score (nSPS) is 12.1. The Morgan fingerprint density at radius 3 is 2.74 bits per heavy atom. The Balaban J connectivity index is 2.38. The van der Waals surface area contributed by atoms with Crippen LogP contribution in [0.15, 0.2) is 18.2 Å². The Morgan fingerprint density at radius 1 is 1.37 bits per heavy atom. The lowest BCUT2D eigenvalue weighted by Gasteiger charge is -2.14. The van der Waals surface area contributed by atoms with Gasteiger partial charge in [0.1, 0.15) is 0 Å². The average molecular weight is 268 g/mol. The molecule has 0 aliphatic carbocycles. The molecule has 6 heteroatoms. The first kappa shape index (κ1) is 15.3. The van der Waals surface area contributed by atoms with Crippen LogP contribution < -0.4 is 10.6 Å². The van der Waals surface area contributed by atoms with Gasteiger partial charge >= 0.3 is 0 Å². The van der Waals surface area contributed by atoms with E-state index in [1.165, 1.54) is 12.1 Å². The van der Waals surface area contributed by atoms with Crippen molar-refractivity contribution in [2.45, 2.75) is 19.5 Å². The third-order valence-corrected chi connectivity index (χ3v) is 2.65. The molecule has 0 fully saturated rings. The molecule has 0 radical (unpaired) electrons. The molecule has 106 valence electrons. The maximum atomic E-state index is 11.6. The number of nitrogens with one attached hydrogen (secondary N) is 2. The lowest BCUT2D eigenvalue weighted by Crippen LogP contribution is -2.42. The summed E-state index contributed by atoms with van der Waals surface area (Å²) in [6, 6.07) is 4.19. The van der Waals surface area contributed by atoms with Crippen LogP contribution in [0.3, 0.4) is 0 Å². The summed E-state index contributed by atoms with van der Waals surface area (Å²) in [6.45, 7) is 3.13. The summed E-state index contributed by atoms with van der Waals surface area (Å²) in [6.07, 6.45) is 0. The Hall–Kier alpha value is -1.79. The molecule has 0 aliphatic heterocycles. The largest absolute Gasteiger partial charge is 0.504 e. The van der Waals surface area contributed by atoms with Crippen molar-refractivity contribution in [3.63, 3.8) is 0 Å². The number of hydrogen-bond donors (Lipinski definition) is 4. The minimum Gasteiger partial charge on any atom is -0.504 e. The lowest BCUT2D eigenvalue weighted by atomic mass is 10.2. The molecule has 0 saturated heterocycles. The van der Waals surface area contributed by atoms with E-state index in [-0.39, 0.29) is 23.4 Å². The molecule has 0 heterocycles. The molecular formula is C13H20N2O4. The van der Waals surface area contributed by atoms with E-state index in [2.05, 4.69) is 10.6 Å². The number of aromatic hydroxyl groups is 2. The number of benzene rings is 1. The quantitative estimate of drug-likeness (QED) is 0.423. The SMILES string of the molecule is COCCNC(=O)C(C)NCc1ccc(O)c(O)c1. The van der Waals surface area contributed by atoms with Crippen LogP contribution in [-0.2, 0) is 16.1 Å². The number of rotatable bonds is 7. The van der Waals surface area contributed by atoms with Crippen LogP contribution in [0.2, 0.25) is 0 Å². The zero-order valence-corrected chi connectivity index (χ0v) is 11.1. The summed E-state index contributed by atoms with van der Waals surface area (Å²) in [4.78, 5) is 11.6. The lowest BCUT2D eigenvalue weighted by molar-refractivity contribution is -0.122. The molecule has 0 spiro atoms. The molecule has 4 N–H and O–H groups in total. The van der Waals surface area contributed by atoms with Crippen molar-refractivity contribution < 1.29 is 19.7 Å². The second-order valence-electron chi connectivity index (χ2n) is 4.21. The van der Waals surface area contributed by atoms with Gasteiger partial charge in [-0.2, -0.15) is 0 Å². The monoisotopic (exact) mass is 268 g/mol. The molecule has 1 aromatic rings. The molecule has 1 atom stereocenters. The van der Waals surface area contributed by atoms with Crippen LogP contribution in [0.1, 0.15) is 12.5 Å². The molecule has 1 aromatic carbocycles. The number of amides is 1. The summed E-state index contributed by atoms with van der Waals surface area (Å²) in [5.74, 6) is -0.439. The van der Waals surface area contributed by atoms with Gasteiger partial charge in [0.05, 0.1) is 12.6 Å². The zero-order valence-electron chi connectivity index (χ0n) is 11.1. The second-order valence-corrected chi connectivity index (χ2v) is 4.21. The number of phenolic OH excluding ortho intramolecular Hbond substituents is 2. The van der Waals surface area contributed by atoms with E-state index in [0.29, 0.717) is 19.7 Å². The highest BCUT2D eigenvalue weighted by Crippen LogP contribution is 2.24. The van der Waals surface area contributed by atoms with Gasteiger partial charge in [-0.15, -0.1) is 0 Å². The van der Waals surface area contributed by atoms with Crippen molar-refractivity contribution in [3.8, 4) is 11.5 Å². The summed E-state index contributed by atoms with van der Waals surface area (Å²) < 4.78 is 4.84. The van der Waals surface area contributed by atoms with Crippen LogP contribution in [0.4, 0.5) is 0 Å². The van der Waals surface area contributed by atoms with Crippen molar-refractivity contribution >= 4 is 5.91 Å². The number of methoxy groups -OCH3 is 1. The number of hydrogen-bond acceptors (Lipinski definition) is 5. The predicted octanol–water partition coefficient (Wildman–Crippen LogP) is 0.338. The Labute approximate surface area is 112 Å². The highest BCUT2D eigenvalue weighted by atomic mass is 16.5. The zero-order chi connectivity index (χ0) is 14.3. The first-order valence-corrected chi connectivity index (χ1v) is 6.05. The predicted molar refractivity (Wildman–Crippen MR) is 71.0 cm³/mol. The third-order valence-electron chi connectivity index (χ3n) is 2.65. The molecule has 0 aliphatic rings. The Morgan fingerprint density at radius 2 is 2.11 bits per heavy atom. The molecule has 1 amide bonds. The van der Waals surface area contributed by atoms with Crippen molar-refractivity contribution in [1.29, 1.82) is 0 Å². The smallest absolute Gasteiger partial charge is 0.236 e. The molecule has 6 nitrogen and oxygen atoms in total. The van der Waals surface area contributed by atoms with Gasteiger partial charge in [-0.25, -0.2) is 0 Å². The van der Waals surface area contributed by atoms with Crippen LogP contribution in [0, 0.1) is 0 Å². The summed E-state index contributed by atoms with van der Waals surface area (Å²) in [5.41, 5.74) is 0.784. The van der Waals surface area contributed by atoms with E-state index in [1.807, 2.05) is 0 Å². The van der Waals surface area contributed by atoms with Gasteiger partial charge in [0.2, 0.25) is 5.91 Å². The van der Waals surface area contributed by atoms with Crippen LogP contribution >= 0.6 is 0 Å². The van der Waals surface area contributed by atoms with Crippen LogP contribution in [-0.4, -0.2) is 42.4 Å². The standard InChI is InChI=1S/C13H20N2O4/c1-9(13(18)14-5-6-19-2)15-8-10-3-4-11(16)12(17)7-10/h3-4,7,9,15-17H,5-6,8H2,1-2H3,(H,14,18). The van der Waals surface area contributed by atoms with Crippen LogP contribution in [0.25, 0.3) is 0 Å². The molecule has 1 rings (SSSR count). The molecule has 19 heavy (non-hydrogen) atoms. The van der Waals surface area contributed by atoms with E-state index in [4.69, 9.17) is 4.74 Å². The van der Waals surface area contributed by atoms with Gasteiger partial charge in [0.25, 0.3) is 0 Å². The maximum Gasteiger partial charge on any atom is 0.236 e. The first-order chi connectivity index (χ1) is 9.04. The fraction of sp³-hybridized carbons (Fsp3) is 0.462. The van der Waals surface area contributed by atoms with Crippen molar-refractivity contribution in [2.24, 2.45) is 0 Å². The van der Waals surface area contributed by atoms with Crippen molar-refractivity contribution in [2.75, 3.05) is 20.3 Å². The first-order valence-electron chi connectivity index (χ1n) is 6.05. The second kappa shape index (κ2) is 7.60. The number of phenols is 2. The molecule has 0 bridgehead atoms. The topological polar surface area (TPSA) is 90.8 Å². The fourth-order valence-corrected chi connectivity index (χ4v) is 1.47. The Kier molecular flexibility index (Phi) is 6.11. The van der Waals surface area contributed by atoms with Gasteiger partial charge < -0.3 is 25.6 Å². The average Bonchev–Trinajstić information content (AvgIpc) is 2.40. The van der Waals surface area contributed by atoms with Gasteiger partial charge in [-0.3, -0.25) is 4.79 Å². The summed E-state index contributed by atoms with van der Waals surface area (Å²) in [7, 11) is 1.57.